The van der Waals surface area contributed by atoms with E-state index in [0.29, 0.717) is 11.1 Å². The number of Topliss-reactive ketones (excluding diaryl/α,β-unsaturated/α-hetero) is 1. The van der Waals surface area contributed by atoms with Crippen molar-refractivity contribution in [2.45, 2.75) is 24.5 Å². The molecule has 0 aliphatic rings. The standard InChI is InChI=1S/C16H16O3S/c1-12-10-15(8-9-16(12)13(2)17)20(18,19)11-14-6-4-3-5-7-14/h3-10H,11H2,1-2H3. The summed E-state index contributed by atoms with van der Waals surface area (Å²) in [5.41, 5.74) is 2.00. The number of hydrogen-bond acceptors (Lipinski definition) is 3. The van der Waals surface area contributed by atoms with Gasteiger partial charge < -0.3 is 0 Å². The Hall–Kier alpha value is -1.94. The van der Waals surface area contributed by atoms with E-state index in [2.05, 4.69) is 0 Å². The van der Waals surface area contributed by atoms with E-state index >= 15 is 0 Å². The molecule has 0 aliphatic carbocycles. The van der Waals surface area contributed by atoms with Crippen LogP contribution < -0.4 is 0 Å². The highest BCUT2D eigenvalue weighted by Crippen LogP contribution is 2.20. The smallest absolute Gasteiger partial charge is 0.182 e. The Morgan fingerprint density at radius 2 is 1.70 bits per heavy atom. The lowest BCUT2D eigenvalue weighted by atomic mass is 10.1. The van der Waals surface area contributed by atoms with Crippen molar-refractivity contribution < 1.29 is 13.2 Å². The van der Waals surface area contributed by atoms with E-state index in [1.165, 1.54) is 13.0 Å². The highest BCUT2D eigenvalue weighted by molar-refractivity contribution is 7.90. The van der Waals surface area contributed by atoms with Gasteiger partial charge in [-0.25, -0.2) is 8.42 Å². The van der Waals surface area contributed by atoms with Gasteiger partial charge in [-0.1, -0.05) is 30.3 Å². The summed E-state index contributed by atoms with van der Waals surface area (Å²) in [4.78, 5) is 11.6. The van der Waals surface area contributed by atoms with Crippen molar-refractivity contribution in [1.82, 2.24) is 0 Å². The quantitative estimate of drug-likeness (QED) is 0.812. The summed E-state index contributed by atoms with van der Waals surface area (Å²) in [5.74, 6) is -0.0957. The maximum atomic E-state index is 12.4. The molecule has 4 heteroatoms. The maximum Gasteiger partial charge on any atom is 0.182 e. The second kappa shape index (κ2) is 5.59. The van der Waals surface area contributed by atoms with E-state index in [9.17, 15) is 13.2 Å². The van der Waals surface area contributed by atoms with Gasteiger partial charge in [0.1, 0.15) is 0 Å². The summed E-state index contributed by atoms with van der Waals surface area (Å²) < 4.78 is 24.7. The Bertz CT molecular complexity index is 732. The highest BCUT2D eigenvalue weighted by Gasteiger charge is 2.17. The highest BCUT2D eigenvalue weighted by atomic mass is 32.2. The molecule has 2 aromatic rings. The monoisotopic (exact) mass is 288 g/mol. The predicted octanol–water partition coefficient (Wildman–Crippen LogP) is 3.17. The van der Waals surface area contributed by atoms with Crippen molar-refractivity contribution in [3.63, 3.8) is 0 Å². The normalized spacial score (nSPS) is 11.3. The van der Waals surface area contributed by atoms with Crippen LogP contribution in [0.15, 0.2) is 53.4 Å². The fourth-order valence-electron chi connectivity index (χ4n) is 2.10. The van der Waals surface area contributed by atoms with Crippen LogP contribution in [-0.4, -0.2) is 14.2 Å². The summed E-state index contributed by atoms with van der Waals surface area (Å²) in [5, 5.41) is 0. The first-order valence-corrected chi connectivity index (χ1v) is 7.93. The minimum absolute atomic E-state index is 0.0350. The molecule has 0 radical (unpaired) electrons. The molecule has 0 aliphatic heterocycles. The Kier molecular flexibility index (Phi) is 4.04. The minimum Gasteiger partial charge on any atom is -0.295 e. The maximum absolute atomic E-state index is 12.4. The zero-order chi connectivity index (χ0) is 14.8. The summed E-state index contributed by atoms with van der Waals surface area (Å²) in [6, 6.07) is 13.7. The second-order valence-electron chi connectivity index (χ2n) is 4.78. The molecule has 2 rings (SSSR count). The van der Waals surface area contributed by atoms with Gasteiger partial charge in [-0.05, 0) is 43.2 Å². The summed E-state index contributed by atoms with van der Waals surface area (Å²) in [6.07, 6.45) is 0. The molecule has 0 saturated carbocycles. The molecule has 0 unspecified atom stereocenters. The van der Waals surface area contributed by atoms with Gasteiger partial charge >= 0.3 is 0 Å². The van der Waals surface area contributed by atoms with E-state index in [4.69, 9.17) is 0 Å². The molecule has 0 bridgehead atoms. The third kappa shape index (κ3) is 3.14. The molecule has 0 aromatic heterocycles. The van der Waals surface area contributed by atoms with E-state index in [1.807, 2.05) is 18.2 Å². The molecule has 2 aromatic carbocycles. The van der Waals surface area contributed by atoms with Crippen LogP contribution in [0.5, 0.6) is 0 Å². The van der Waals surface area contributed by atoms with Crippen molar-refractivity contribution in [2.24, 2.45) is 0 Å². The molecule has 20 heavy (non-hydrogen) atoms. The van der Waals surface area contributed by atoms with Crippen LogP contribution in [0.2, 0.25) is 0 Å². The third-order valence-electron chi connectivity index (χ3n) is 3.14. The van der Waals surface area contributed by atoms with Crippen molar-refractivity contribution in [3.05, 3.63) is 65.2 Å². The van der Waals surface area contributed by atoms with Gasteiger partial charge in [0.15, 0.2) is 15.6 Å². The van der Waals surface area contributed by atoms with E-state index in [1.54, 1.807) is 31.2 Å². The number of benzene rings is 2. The van der Waals surface area contributed by atoms with Gasteiger partial charge in [0.05, 0.1) is 10.6 Å². The fraction of sp³-hybridized carbons (Fsp3) is 0.188. The van der Waals surface area contributed by atoms with Crippen LogP contribution in [0.25, 0.3) is 0 Å². The molecular formula is C16H16O3S. The van der Waals surface area contributed by atoms with Gasteiger partial charge in [-0.2, -0.15) is 0 Å². The SMILES string of the molecule is CC(=O)c1ccc(S(=O)(=O)Cc2ccccc2)cc1C. The molecule has 0 amide bonds. The average molecular weight is 288 g/mol. The number of carbonyl (C=O) groups excluding carboxylic acids is 1. The fourth-order valence-corrected chi connectivity index (χ4v) is 3.53. The summed E-state index contributed by atoms with van der Waals surface area (Å²) >= 11 is 0. The van der Waals surface area contributed by atoms with Crippen LogP contribution in [-0.2, 0) is 15.6 Å². The largest absolute Gasteiger partial charge is 0.295 e. The van der Waals surface area contributed by atoms with Crippen LogP contribution in [0, 0.1) is 6.92 Å². The average Bonchev–Trinajstić information content (AvgIpc) is 2.38. The van der Waals surface area contributed by atoms with Crippen LogP contribution in [0.1, 0.15) is 28.4 Å². The summed E-state index contributed by atoms with van der Waals surface area (Å²) in [6.45, 7) is 3.22. The van der Waals surface area contributed by atoms with Crippen LogP contribution >= 0.6 is 0 Å². The molecular weight excluding hydrogens is 272 g/mol. The lowest BCUT2D eigenvalue weighted by molar-refractivity contribution is 0.101. The minimum atomic E-state index is -3.39. The van der Waals surface area contributed by atoms with Crippen LogP contribution in [0.3, 0.4) is 0 Å². The lowest BCUT2D eigenvalue weighted by Gasteiger charge is -2.08. The third-order valence-corrected chi connectivity index (χ3v) is 4.82. The number of rotatable bonds is 4. The second-order valence-corrected chi connectivity index (χ2v) is 6.77. The van der Waals surface area contributed by atoms with Gasteiger partial charge in [0.25, 0.3) is 0 Å². The van der Waals surface area contributed by atoms with Crippen molar-refractivity contribution >= 4 is 15.6 Å². The molecule has 0 saturated heterocycles. The first kappa shape index (κ1) is 14.5. The number of ketones is 1. The Morgan fingerprint density at radius 1 is 1.05 bits per heavy atom. The number of aryl methyl sites for hydroxylation is 1. The number of hydrogen-bond donors (Lipinski definition) is 0. The zero-order valence-electron chi connectivity index (χ0n) is 11.5. The van der Waals surface area contributed by atoms with Crippen molar-refractivity contribution in [2.75, 3.05) is 0 Å². The van der Waals surface area contributed by atoms with Crippen molar-refractivity contribution in [3.8, 4) is 0 Å². The molecule has 0 spiro atoms. The Balaban J connectivity index is 2.35. The first-order valence-electron chi connectivity index (χ1n) is 6.28. The van der Waals surface area contributed by atoms with E-state index in [0.717, 1.165) is 5.56 Å². The first-order chi connectivity index (χ1) is 9.40. The van der Waals surface area contributed by atoms with Crippen LogP contribution in [0.4, 0.5) is 0 Å². The number of carbonyl (C=O) groups is 1. The lowest BCUT2D eigenvalue weighted by Crippen LogP contribution is -2.06. The topological polar surface area (TPSA) is 51.2 Å². The van der Waals surface area contributed by atoms with Gasteiger partial charge in [-0.15, -0.1) is 0 Å². The molecule has 0 atom stereocenters. The number of sulfone groups is 1. The Morgan fingerprint density at radius 3 is 2.25 bits per heavy atom. The molecule has 104 valence electrons. The van der Waals surface area contributed by atoms with Gasteiger partial charge in [0.2, 0.25) is 0 Å². The molecule has 0 fully saturated rings. The van der Waals surface area contributed by atoms with Gasteiger partial charge in [0, 0.05) is 5.56 Å². The zero-order valence-corrected chi connectivity index (χ0v) is 12.3. The van der Waals surface area contributed by atoms with Crippen molar-refractivity contribution in [1.29, 1.82) is 0 Å². The van der Waals surface area contributed by atoms with Gasteiger partial charge in [-0.3, -0.25) is 4.79 Å². The summed E-state index contributed by atoms with van der Waals surface area (Å²) in [7, 11) is -3.39. The van der Waals surface area contributed by atoms with E-state index in [-0.39, 0.29) is 16.4 Å². The Labute approximate surface area is 119 Å². The molecule has 3 nitrogen and oxygen atoms in total. The predicted molar refractivity (Wildman–Crippen MR) is 78.5 cm³/mol. The molecule has 0 heterocycles. The van der Waals surface area contributed by atoms with E-state index < -0.39 is 9.84 Å². The molecule has 0 N–H and O–H groups in total.